The highest BCUT2D eigenvalue weighted by Gasteiger charge is 2.38. The predicted octanol–water partition coefficient (Wildman–Crippen LogP) is 2.53. The normalized spacial score (nSPS) is 10.0. The third-order valence-electron chi connectivity index (χ3n) is 1.57. The van der Waals surface area contributed by atoms with Gasteiger partial charge in [0.2, 0.25) is 0 Å². The Morgan fingerprint density at radius 2 is 1.78 bits per heavy atom. The van der Waals surface area contributed by atoms with Crippen LogP contribution in [-0.2, 0) is 4.79 Å². The maximum atomic E-state index is 10.6. The zero-order valence-corrected chi connectivity index (χ0v) is 9.40. The molecule has 1 aromatic carbocycles. The molecule has 0 amide bonds. The van der Waals surface area contributed by atoms with Crippen LogP contribution in [0.3, 0.4) is 0 Å². The Balaban J connectivity index is 0.000000360. The number of ether oxygens (including phenoxy) is 1. The van der Waals surface area contributed by atoms with Crippen molar-refractivity contribution in [2.75, 3.05) is 6.61 Å². The highest BCUT2D eigenvalue weighted by Crippen LogP contribution is 2.13. The van der Waals surface area contributed by atoms with Gasteiger partial charge >= 0.3 is 12.1 Å². The topological polar surface area (TPSA) is 63.6 Å². The molecule has 0 spiro atoms. The van der Waals surface area contributed by atoms with Crippen molar-refractivity contribution in [2.45, 2.75) is 13.1 Å². The van der Waals surface area contributed by atoms with Gasteiger partial charge < -0.3 is 9.84 Å². The fourth-order valence-corrected chi connectivity index (χ4v) is 0.809. The van der Waals surface area contributed by atoms with Crippen LogP contribution in [0, 0.1) is 0 Å². The third-order valence-corrected chi connectivity index (χ3v) is 1.57. The van der Waals surface area contributed by atoms with Crippen molar-refractivity contribution in [3.05, 3.63) is 29.8 Å². The standard InChI is InChI=1S/C9H10O2.C2HF3O2/c1-2-11-9-5-3-8(7-10)4-6-9;3-2(4,5)1(6)7/h3-7H,2H2,1H3;(H,6,7). The number of aliphatic carboxylic acids is 1. The SMILES string of the molecule is CCOc1ccc(C=O)cc1.O=C(O)C(F)(F)F. The Hall–Kier alpha value is -2.05. The van der Waals surface area contributed by atoms with E-state index in [1.807, 2.05) is 6.92 Å². The molecule has 100 valence electrons. The predicted molar refractivity (Wildman–Crippen MR) is 56.7 cm³/mol. The number of hydrogen-bond acceptors (Lipinski definition) is 3. The van der Waals surface area contributed by atoms with Crippen LogP contribution in [0.5, 0.6) is 5.75 Å². The van der Waals surface area contributed by atoms with Crippen molar-refractivity contribution in [1.82, 2.24) is 0 Å². The van der Waals surface area contributed by atoms with Gasteiger partial charge in [-0.3, -0.25) is 4.79 Å². The van der Waals surface area contributed by atoms with Crippen molar-refractivity contribution in [2.24, 2.45) is 0 Å². The zero-order chi connectivity index (χ0) is 14.2. The van der Waals surface area contributed by atoms with Gasteiger partial charge in [0.1, 0.15) is 12.0 Å². The van der Waals surface area contributed by atoms with Crippen LogP contribution >= 0.6 is 0 Å². The van der Waals surface area contributed by atoms with Gasteiger partial charge in [0.25, 0.3) is 0 Å². The van der Waals surface area contributed by atoms with E-state index in [2.05, 4.69) is 0 Å². The van der Waals surface area contributed by atoms with Gasteiger partial charge in [-0.15, -0.1) is 0 Å². The summed E-state index contributed by atoms with van der Waals surface area (Å²) in [7, 11) is 0. The Kier molecular flexibility index (Phi) is 6.48. The number of carboxylic acids is 1. The number of rotatable bonds is 3. The molecule has 18 heavy (non-hydrogen) atoms. The maximum absolute atomic E-state index is 10.6. The van der Waals surface area contributed by atoms with Gasteiger partial charge in [0, 0.05) is 5.56 Å². The number of benzene rings is 1. The molecule has 0 aliphatic carbocycles. The highest BCUT2D eigenvalue weighted by molar-refractivity contribution is 5.74. The van der Waals surface area contributed by atoms with E-state index < -0.39 is 12.1 Å². The summed E-state index contributed by atoms with van der Waals surface area (Å²) in [5.41, 5.74) is 0.674. The number of carboxylic acid groups (broad SMARTS) is 1. The van der Waals surface area contributed by atoms with E-state index in [1.54, 1.807) is 24.3 Å². The molecule has 0 unspecified atom stereocenters. The first-order chi connectivity index (χ1) is 8.31. The Morgan fingerprint density at radius 3 is 2.06 bits per heavy atom. The molecule has 0 aliphatic rings. The summed E-state index contributed by atoms with van der Waals surface area (Å²) in [6.45, 7) is 2.58. The van der Waals surface area contributed by atoms with Gasteiger partial charge in [-0.1, -0.05) is 0 Å². The van der Waals surface area contributed by atoms with E-state index in [1.165, 1.54) is 0 Å². The first kappa shape index (κ1) is 16.0. The van der Waals surface area contributed by atoms with E-state index in [0.717, 1.165) is 12.0 Å². The number of carbonyl (C=O) groups excluding carboxylic acids is 1. The minimum absolute atomic E-state index is 0.653. The second-order valence-corrected chi connectivity index (χ2v) is 2.92. The molecule has 1 rings (SSSR count). The molecule has 0 bridgehead atoms. The van der Waals surface area contributed by atoms with Gasteiger partial charge in [-0.25, -0.2) is 4.79 Å². The molecule has 0 fully saturated rings. The minimum atomic E-state index is -5.08. The van der Waals surface area contributed by atoms with Gasteiger partial charge in [-0.2, -0.15) is 13.2 Å². The number of alkyl halides is 3. The quantitative estimate of drug-likeness (QED) is 0.852. The molecule has 0 saturated heterocycles. The summed E-state index contributed by atoms with van der Waals surface area (Å²) >= 11 is 0. The molecule has 1 N–H and O–H groups in total. The minimum Gasteiger partial charge on any atom is -0.494 e. The fourth-order valence-electron chi connectivity index (χ4n) is 0.809. The molecule has 0 saturated carbocycles. The van der Waals surface area contributed by atoms with Gasteiger partial charge in [-0.05, 0) is 31.2 Å². The summed E-state index contributed by atoms with van der Waals surface area (Å²) < 4.78 is 36.9. The van der Waals surface area contributed by atoms with Crippen molar-refractivity contribution < 1.29 is 32.6 Å². The maximum Gasteiger partial charge on any atom is 0.490 e. The second-order valence-electron chi connectivity index (χ2n) is 2.92. The molecule has 0 aliphatic heterocycles. The van der Waals surface area contributed by atoms with E-state index in [4.69, 9.17) is 14.6 Å². The smallest absolute Gasteiger partial charge is 0.490 e. The van der Waals surface area contributed by atoms with Gasteiger partial charge in [0.05, 0.1) is 6.61 Å². The van der Waals surface area contributed by atoms with Crippen LogP contribution in [-0.4, -0.2) is 30.1 Å². The summed E-state index contributed by atoms with van der Waals surface area (Å²) in [6.07, 6.45) is -4.27. The highest BCUT2D eigenvalue weighted by atomic mass is 19.4. The lowest BCUT2D eigenvalue weighted by atomic mass is 10.2. The molecule has 7 heteroatoms. The van der Waals surface area contributed by atoms with Crippen LogP contribution in [0.25, 0.3) is 0 Å². The monoisotopic (exact) mass is 264 g/mol. The van der Waals surface area contributed by atoms with E-state index >= 15 is 0 Å². The van der Waals surface area contributed by atoms with Crippen molar-refractivity contribution >= 4 is 12.3 Å². The molecule has 4 nitrogen and oxygen atoms in total. The average Bonchev–Trinajstić information content (AvgIpc) is 2.30. The summed E-state index contributed by atoms with van der Waals surface area (Å²) in [5, 5.41) is 7.12. The fraction of sp³-hybridized carbons (Fsp3) is 0.273. The Bertz CT molecular complexity index is 384. The zero-order valence-electron chi connectivity index (χ0n) is 9.40. The van der Waals surface area contributed by atoms with Crippen molar-refractivity contribution in [3.8, 4) is 5.75 Å². The van der Waals surface area contributed by atoms with Crippen molar-refractivity contribution in [1.29, 1.82) is 0 Å². The van der Waals surface area contributed by atoms with Crippen LogP contribution in [0.1, 0.15) is 17.3 Å². The number of hydrogen-bond donors (Lipinski definition) is 1. The largest absolute Gasteiger partial charge is 0.494 e. The molecular weight excluding hydrogens is 253 g/mol. The molecular formula is C11H11F3O4. The van der Waals surface area contributed by atoms with E-state index in [9.17, 15) is 18.0 Å². The Morgan fingerprint density at radius 1 is 1.33 bits per heavy atom. The van der Waals surface area contributed by atoms with E-state index in [0.29, 0.717) is 12.2 Å². The molecule has 0 atom stereocenters. The lowest BCUT2D eigenvalue weighted by molar-refractivity contribution is -0.192. The molecule has 0 aromatic heterocycles. The molecule has 1 aromatic rings. The van der Waals surface area contributed by atoms with Crippen molar-refractivity contribution in [3.63, 3.8) is 0 Å². The van der Waals surface area contributed by atoms with Crippen LogP contribution in [0.15, 0.2) is 24.3 Å². The lowest BCUT2D eigenvalue weighted by Crippen LogP contribution is -2.21. The molecule has 0 radical (unpaired) electrons. The average molecular weight is 264 g/mol. The van der Waals surface area contributed by atoms with Gasteiger partial charge in [0.15, 0.2) is 0 Å². The number of halogens is 3. The summed E-state index contributed by atoms with van der Waals surface area (Å²) in [4.78, 5) is 19.1. The Labute approximate surface area is 101 Å². The second kappa shape index (κ2) is 7.31. The summed E-state index contributed by atoms with van der Waals surface area (Å²) in [5.74, 6) is -1.95. The van der Waals surface area contributed by atoms with Crippen LogP contribution in [0.4, 0.5) is 13.2 Å². The number of aldehydes is 1. The molecule has 0 heterocycles. The van der Waals surface area contributed by atoms with Crippen LogP contribution in [0.2, 0.25) is 0 Å². The first-order valence-electron chi connectivity index (χ1n) is 4.79. The number of carbonyl (C=O) groups is 2. The summed E-state index contributed by atoms with van der Waals surface area (Å²) in [6, 6.07) is 7.04. The third kappa shape index (κ3) is 6.51. The van der Waals surface area contributed by atoms with Crippen LogP contribution < -0.4 is 4.74 Å². The first-order valence-corrected chi connectivity index (χ1v) is 4.79. The lowest BCUT2D eigenvalue weighted by Gasteiger charge is -2.00. The van der Waals surface area contributed by atoms with E-state index in [-0.39, 0.29) is 0 Å².